The van der Waals surface area contributed by atoms with Gasteiger partial charge in [0.15, 0.2) is 11.5 Å². The predicted molar refractivity (Wildman–Crippen MR) is 124 cm³/mol. The van der Waals surface area contributed by atoms with Crippen LogP contribution in [0.3, 0.4) is 0 Å². The van der Waals surface area contributed by atoms with Gasteiger partial charge in [0.1, 0.15) is 5.82 Å². The molecule has 31 heavy (non-hydrogen) atoms. The summed E-state index contributed by atoms with van der Waals surface area (Å²) in [4.78, 5) is 4.90. The molecule has 5 nitrogen and oxygen atoms in total. The zero-order chi connectivity index (χ0) is 21.5. The van der Waals surface area contributed by atoms with Crippen LogP contribution in [-0.2, 0) is 0 Å². The fourth-order valence-corrected chi connectivity index (χ4v) is 4.95. The van der Waals surface area contributed by atoms with Crippen LogP contribution in [0.15, 0.2) is 54.1 Å². The molecule has 0 saturated carbocycles. The van der Waals surface area contributed by atoms with Gasteiger partial charge in [-0.15, -0.1) is 0 Å². The van der Waals surface area contributed by atoms with E-state index in [2.05, 4.69) is 36.4 Å². The Hall–Kier alpha value is -3.47. The van der Waals surface area contributed by atoms with Crippen LogP contribution in [0.25, 0.3) is 16.3 Å². The van der Waals surface area contributed by atoms with Crippen LogP contribution in [0.2, 0.25) is 0 Å². The lowest BCUT2D eigenvalue weighted by atomic mass is 9.73. The molecule has 2 aliphatic carbocycles. The van der Waals surface area contributed by atoms with E-state index in [0.29, 0.717) is 23.1 Å². The topological polar surface area (TPSA) is 66.6 Å². The molecule has 1 atom stereocenters. The standard InChI is InChI=1S/C26H26N2O3/c1-29-21-13-16(14-22(30-2)25(21)31-3)20-12-15-8-4-5-9-17(15)24-23(20)18-10-6-7-11-19(18)26(27)28-24/h6-11,13-14,20H,4-5,12H2,1-3H3,(H2,27,28). The molecular weight excluding hydrogens is 388 g/mol. The number of aromatic nitrogens is 1. The number of pyridine rings is 1. The third-order valence-corrected chi connectivity index (χ3v) is 6.35. The number of ether oxygens (including phenoxy) is 3. The van der Waals surface area contributed by atoms with Gasteiger partial charge in [-0.1, -0.05) is 36.4 Å². The first-order valence-electron chi connectivity index (χ1n) is 10.5. The molecule has 5 rings (SSSR count). The molecule has 0 aliphatic heterocycles. The van der Waals surface area contributed by atoms with Crippen LogP contribution in [0.4, 0.5) is 5.82 Å². The highest BCUT2D eigenvalue weighted by molar-refractivity contribution is 5.99. The summed E-state index contributed by atoms with van der Waals surface area (Å²) in [6.07, 6.45) is 7.63. The minimum atomic E-state index is 0.100. The number of nitrogen functional groups attached to an aromatic ring is 1. The third kappa shape index (κ3) is 3.03. The maximum Gasteiger partial charge on any atom is 0.203 e. The van der Waals surface area contributed by atoms with Crippen LogP contribution in [-0.4, -0.2) is 26.3 Å². The van der Waals surface area contributed by atoms with Crippen molar-refractivity contribution in [1.82, 2.24) is 4.98 Å². The van der Waals surface area contributed by atoms with Crippen molar-refractivity contribution in [1.29, 1.82) is 0 Å². The first-order chi connectivity index (χ1) is 15.2. The summed E-state index contributed by atoms with van der Waals surface area (Å²) in [5.41, 5.74) is 12.3. The number of hydrogen-bond acceptors (Lipinski definition) is 5. The Balaban J connectivity index is 1.81. The summed E-state index contributed by atoms with van der Waals surface area (Å²) in [6.45, 7) is 0. The fourth-order valence-electron chi connectivity index (χ4n) is 4.95. The largest absolute Gasteiger partial charge is 0.493 e. The molecule has 5 heteroatoms. The maximum absolute atomic E-state index is 6.40. The lowest BCUT2D eigenvalue weighted by Crippen LogP contribution is -2.17. The molecule has 0 radical (unpaired) electrons. The summed E-state index contributed by atoms with van der Waals surface area (Å²) in [5.74, 6) is 2.59. The average Bonchev–Trinajstić information content (AvgIpc) is 2.82. The van der Waals surface area contributed by atoms with Gasteiger partial charge in [0.05, 0.1) is 27.0 Å². The molecule has 0 amide bonds. The highest BCUT2D eigenvalue weighted by Gasteiger charge is 2.33. The highest BCUT2D eigenvalue weighted by Crippen LogP contribution is 2.51. The number of nitrogens with zero attached hydrogens (tertiary/aromatic N) is 1. The van der Waals surface area contributed by atoms with Gasteiger partial charge >= 0.3 is 0 Å². The van der Waals surface area contributed by atoms with Crippen molar-refractivity contribution in [3.63, 3.8) is 0 Å². The van der Waals surface area contributed by atoms with Gasteiger partial charge in [0.25, 0.3) is 0 Å². The second-order valence-corrected chi connectivity index (χ2v) is 7.94. The zero-order valence-corrected chi connectivity index (χ0v) is 18.1. The molecule has 158 valence electrons. The summed E-state index contributed by atoms with van der Waals surface area (Å²) >= 11 is 0. The Morgan fingerprint density at radius 3 is 2.26 bits per heavy atom. The number of rotatable bonds is 4. The number of hydrogen-bond donors (Lipinski definition) is 1. The van der Waals surface area contributed by atoms with E-state index >= 15 is 0 Å². The number of nitrogens with two attached hydrogens (primary N) is 1. The van der Waals surface area contributed by atoms with Crippen LogP contribution in [0.1, 0.15) is 42.0 Å². The Morgan fingerprint density at radius 2 is 1.58 bits per heavy atom. The van der Waals surface area contributed by atoms with E-state index in [1.165, 1.54) is 16.7 Å². The maximum atomic E-state index is 6.40. The summed E-state index contributed by atoms with van der Waals surface area (Å²) in [5, 5.41) is 2.14. The number of methoxy groups -OCH3 is 3. The van der Waals surface area contributed by atoms with Crippen LogP contribution in [0.5, 0.6) is 17.2 Å². The lowest BCUT2D eigenvalue weighted by Gasteiger charge is -2.33. The Kier molecular flexibility index (Phi) is 4.81. The van der Waals surface area contributed by atoms with Crippen molar-refractivity contribution in [2.75, 3.05) is 27.1 Å². The Morgan fingerprint density at radius 1 is 0.903 bits per heavy atom. The van der Waals surface area contributed by atoms with Gasteiger partial charge in [0.2, 0.25) is 5.75 Å². The molecule has 3 aromatic rings. The minimum Gasteiger partial charge on any atom is -0.493 e. The molecule has 2 aromatic carbocycles. The van der Waals surface area contributed by atoms with Crippen LogP contribution in [0, 0.1) is 0 Å². The van der Waals surface area contributed by atoms with E-state index < -0.39 is 0 Å². The van der Waals surface area contributed by atoms with Gasteiger partial charge in [0, 0.05) is 11.3 Å². The quantitative estimate of drug-likeness (QED) is 0.612. The SMILES string of the molecule is COc1cc(C2CC3=CCCC=C3c3nc(N)c4ccccc4c32)cc(OC)c1OC. The molecule has 2 aliphatic rings. The summed E-state index contributed by atoms with van der Waals surface area (Å²) in [6, 6.07) is 12.4. The number of fused-ring (bicyclic) bond motifs is 5. The summed E-state index contributed by atoms with van der Waals surface area (Å²) in [7, 11) is 4.93. The monoisotopic (exact) mass is 414 g/mol. The minimum absolute atomic E-state index is 0.100. The van der Waals surface area contributed by atoms with E-state index in [1.54, 1.807) is 21.3 Å². The van der Waals surface area contributed by atoms with E-state index in [9.17, 15) is 0 Å². The van der Waals surface area contributed by atoms with Gasteiger partial charge in [-0.05, 0) is 59.1 Å². The van der Waals surface area contributed by atoms with E-state index in [0.717, 1.165) is 41.3 Å². The average molecular weight is 415 g/mol. The van der Waals surface area contributed by atoms with E-state index in [-0.39, 0.29) is 5.92 Å². The zero-order valence-electron chi connectivity index (χ0n) is 18.1. The molecule has 2 N–H and O–H groups in total. The van der Waals surface area contributed by atoms with Crippen molar-refractivity contribution < 1.29 is 14.2 Å². The van der Waals surface area contributed by atoms with Crippen molar-refractivity contribution >= 4 is 22.2 Å². The van der Waals surface area contributed by atoms with Crippen molar-refractivity contribution in [2.45, 2.75) is 25.2 Å². The smallest absolute Gasteiger partial charge is 0.203 e. The third-order valence-electron chi connectivity index (χ3n) is 6.35. The first-order valence-corrected chi connectivity index (χ1v) is 10.5. The van der Waals surface area contributed by atoms with Gasteiger partial charge in [-0.3, -0.25) is 0 Å². The van der Waals surface area contributed by atoms with Crippen LogP contribution >= 0.6 is 0 Å². The second-order valence-electron chi connectivity index (χ2n) is 7.94. The number of anilines is 1. The molecule has 0 bridgehead atoms. The highest BCUT2D eigenvalue weighted by atomic mass is 16.5. The van der Waals surface area contributed by atoms with Gasteiger partial charge in [-0.2, -0.15) is 0 Å². The van der Waals surface area contributed by atoms with Crippen molar-refractivity contribution in [3.8, 4) is 17.2 Å². The second kappa shape index (κ2) is 7.65. The first kappa shape index (κ1) is 19.5. The lowest BCUT2D eigenvalue weighted by molar-refractivity contribution is 0.323. The van der Waals surface area contributed by atoms with Crippen molar-refractivity contribution in [2.24, 2.45) is 0 Å². The van der Waals surface area contributed by atoms with Gasteiger partial charge < -0.3 is 19.9 Å². The molecule has 1 heterocycles. The Bertz CT molecular complexity index is 1220. The Labute approximate surface area is 182 Å². The van der Waals surface area contributed by atoms with Gasteiger partial charge in [-0.25, -0.2) is 4.98 Å². The van der Waals surface area contributed by atoms with Crippen molar-refractivity contribution in [3.05, 3.63) is 70.9 Å². The molecular formula is C26H26N2O3. The number of allylic oxidation sites excluding steroid dienone is 4. The molecule has 0 saturated heterocycles. The van der Waals surface area contributed by atoms with Crippen LogP contribution < -0.4 is 19.9 Å². The molecule has 0 spiro atoms. The summed E-state index contributed by atoms with van der Waals surface area (Å²) < 4.78 is 16.8. The molecule has 0 fully saturated rings. The predicted octanol–water partition coefficient (Wildman–Crippen LogP) is 5.48. The fraction of sp³-hybridized carbons (Fsp3) is 0.269. The van der Waals surface area contributed by atoms with E-state index in [1.807, 2.05) is 12.1 Å². The number of benzene rings is 2. The molecule has 1 aromatic heterocycles. The normalized spacial score (nSPS) is 17.3. The molecule has 1 unspecified atom stereocenters. The van der Waals surface area contributed by atoms with E-state index in [4.69, 9.17) is 24.9 Å².